The molecule has 0 spiro atoms. The summed E-state index contributed by atoms with van der Waals surface area (Å²) in [5.41, 5.74) is 8.22. The molecule has 2 aliphatic heterocycles. The van der Waals surface area contributed by atoms with Gasteiger partial charge in [-0.15, -0.1) is 0 Å². The first-order valence-electron chi connectivity index (χ1n) is 17.7. The number of halogens is 3. The van der Waals surface area contributed by atoms with E-state index in [-0.39, 0.29) is 23.3 Å². The fraction of sp³-hybridized carbons (Fsp3) is 0.475. The maximum Gasteiger partial charge on any atom is 0.274 e. The molecular formula is C40H50ClI2N2O6S2+. The highest BCUT2D eigenvalue weighted by molar-refractivity contribution is 14.2. The summed E-state index contributed by atoms with van der Waals surface area (Å²) in [6, 6.07) is 8.32. The molecule has 0 aromatic heterocycles. The first-order chi connectivity index (χ1) is 25.4. The highest BCUT2D eigenvalue weighted by atomic mass is 127. The van der Waals surface area contributed by atoms with Crippen LogP contribution in [-0.2, 0) is 19.2 Å². The van der Waals surface area contributed by atoms with Crippen LogP contribution in [0, 0.1) is 0 Å². The first-order valence-corrected chi connectivity index (χ1v) is 24.7. The highest BCUT2D eigenvalue weighted by Gasteiger charge is 2.48. The van der Waals surface area contributed by atoms with Gasteiger partial charge in [-0.25, -0.2) is 4.18 Å². The van der Waals surface area contributed by atoms with Crippen LogP contribution in [0.3, 0.4) is 0 Å². The van der Waals surface area contributed by atoms with Gasteiger partial charge in [0.2, 0.25) is 5.69 Å². The minimum atomic E-state index is -0.338. The normalized spacial score (nSPS) is 20.4. The van der Waals surface area contributed by atoms with Crippen LogP contribution in [-0.4, -0.2) is 51.2 Å². The Hall–Kier alpha value is -1.56. The van der Waals surface area contributed by atoms with E-state index >= 15 is 0 Å². The van der Waals surface area contributed by atoms with Crippen LogP contribution in [0.25, 0.3) is 0 Å². The van der Waals surface area contributed by atoms with E-state index in [0.29, 0.717) is 23.0 Å². The Labute approximate surface area is 353 Å². The van der Waals surface area contributed by atoms with E-state index in [0.717, 1.165) is 82.2 Å². The van der Waals surface area contributed by atoms with Crippen molar-refractivity contribution in [2.45, 2.75) is 96.9 Å². The molecule has 2 atom stereocenters. The van der Waals surface area contributed by atoms with Crippen molar-refractivity contribution in [3.63, 3.8) is 0 Å². The largest absolute Gasteiger partial charge is 0.493 e. The Morgan fingerprint density at radius 2 is 1.40 bits per heavy atom. The zero-order valence-electron chi connectivity index (χ0n) is 32.1. The number of nitrogens with zero attached hydrogens (tertiary/aromatic N) is 2. The molecular weight excluding hydrogens is 958 g/mol. The van der Waals surface area contributed by atoms with Gasteiger partial charge in [0.1, 0.15) is 6.23 Å². The average molecular weight is 1010 g/mol. The summed E-state index contributed by atoms with van der Waals surface area (Å²) in [6.07, 6.45) is 12.9. The van der Waals surface area contributed by atoms with Crippen LogP contribution < -0.4 is 23.8 Å². The lowest BCUT2D eigenvalue weighted by Crippen LogP contribution is -2.35. The number of anilines is 1. The van der Waals surface area contributed by atoms with Crippen LogP contribution >= 0.6 is 72.4 Å². The zero-order chi connectivity index (χ0) is 38.7. The zero-order valence-corrected chi connectivity index (χ0v) is 38.8. The fourth-order valence-electron chi connectivity index (χ4n) is 7.71. The van der Waals surface area contributed by atoms with Crippen molar-refractivity contribution < 1.29 is 31.9 Å². The van der Waals surface area contributed by atoms with Crippen LogP contribution in [0.5, 0.6) is 23.0 Å². The highest BCUT2D eigenvalue weighted by Crippen LogP contribution is 2.53. The van der Waals surface area contributed by atoms with Crippen molar-refractivity contribution >= 4 is 89.5 Å². The molecule has 3 aliphatic rings. The monoisotopic (exact) mass is 1010 g/mol. The molecule has 0 amide bonds. The number of hydrogen-bond acceptors (Lipinski definition) is 9. The lowest BCUT2D eigenvalue weighted by atomic mass is 9.81. The predicted molar refractivity (Wildman–Crippen MR) is 238 cm³/mol. The number of fused-ring (bicyclic) bond motifs is 2. The molecule has 0 fully saturated rings. The van der Waals surface area contributed by atoms with Gasteiger partial charge in [0.15, 0.2) is 28.7 Å². The summed E-state index contributed by atoms with van der Waals surface area (Å²) in [5.74, 6) is 2.79. The molecule has 2 heterocycles. The lowest BCUT2D eigenvalue weighted by Gasteiger charge is -2.32. The summed E-state index contributed by atoms with van der Waals surface area (Å²) in [5, 5.41) is 0.800. The van der Waals surface area contributed by atoms with Crippen molar-refractivity contribution in [3.8, 4) is 23.0 Å². The van der Waals surface area contributed by atoms with Crippen LogP contribution in [0.15, 0.2) is 70.4 Å². The van der Waals surface area contributed by atoms with Gasteiger partial charge in [-0.1, -0.05) is 51.4 Å². The molecule has 2 aromatic carbocycles. The van der Waals surface area contributed by atoms with Crippen molar-refractivity contribution in [2.75, 3.05) is 33.3 Å². The second-order valence-electron chi connectivity index (χ2n) is 14.1. The van der Waals surface area contributed by atoms with E-state index in [1.807, 2.05) is 0 Å². The SMILES string of the molecule is CCC(OSI)N1/C(=C\C=C2/CCCC(/C=C/C3=[N+](C(CC)OSI)c4cc(OC)c(OC)cc4C3(C)C)=C2Cl)C(C)(C)c2cc(OC)c(OC)cc21. The Morgan fingerprint density at radius 3 is 1.98 bits per heavy atom. The number of ether oxygens (including phenoxy) is 4. The van der Waals surface area contributed by atoms with Crippen LogP contribution in [0.1, 0.15) is 84.8 Å². The Balaban J connectivity index is 1.60. The molecule has 0 saturated carbocycles. The number of methoxy groups -OCH3 is 4. The van der Waals surface area contributed by atoms with Crippen molar-refractivity contribution in [2.24, 2.45) is 0 Å². The minimum Gasteiger partial charge on any atom is -0.493 e. The van der Waals surface area contributed by atoms with Gasteiger partial charge >= 0.3 is 0 Å². The standard InChI is InChI=1S/C40H50ClI2N2O6S2/c1-11-36(50-52-42)44-28-22-32(48-9)30(46-7)20-26(28)39(3,4)34(44)18-16-24-14-13-15-25(38(24)41)17-19-35-40(5,6)27-21-31(47-8)33(49-10)23-29(27)45(35)37(12-2)51-53-43/h16-23,36-37H,11-15H2,1-10H3/q+1. The molecule has 0 N–H and O–H groups in total. The Morgan fingerprint density at radius 1 is 0.792 bits per heavy atom. The maximum absolute atomic E-state index is 7.32. The van der Waals surface area contributed by atoms with Gasteiger partial charge in [0.25, 0.3) is 6.23 Å². The molecule has 8 nitrogen and oxygen atoms in total. The van der Waals surface area contributed by atoms with Crippen molar-refractivity contribution in [1.82, 2.24) is 0 Å². The average Bonchev–Trinajstić information content (AvgIpc) is 3.50. The topological polar surface area (TPSA) is 61.6 Å². The Kier molecular flexibility index (Phi) is 14.6. The molecule has 288 valence electrons. The van der Waals surface area contributed by atoms with Crippen LogP contribution in [0.4, 0.5) is 11.4 Å². The van der Waals surface area contributed by atoms with Gasteiger partial charge in [-0.2, -0.15) is 4.58 Å². The molecule has 2 aromatic rings. The fourth-order valence-corrected chi connectivity index (χ4v) is 10.1. The third kappa shape index (κ3) is 8.16. The second kappa shape index (κ2) is 18.1. The smallest absolute Gasteiger partial charge is 0.274 e. The summed E-state index contributed by atoms with van der Waals surface area (Å²) >= 11 is 11.7. The molecule has 53 heavy (non-hydrogen) atoms. The molecule has 0 radical (unpaired) electrons. The number of rotatable bonds is 15. The van der Waals surface area contributed by atoms with Crippen LogP contribution in [0.2, 0.25) is 0 Å². The summed E-state index contributed by atoms with van der Waals surface area (Å²) in [4.78, 5) is 2.30. The molecule has 1 aliphatic carbocycles. The van der Waals surface area contributed by atoms with Gasteiger partial charge in [0, 0.05) is 82.7 Å². The molecule has 5 rings (SSSR count). The van der Waals surface area contributed by atoms with Crippen molar-refractivity contribution in [3.05, 3.63) is 81.6 Å². The van der Waals surface area contributed by atoms with Gasteiger partial charge in [-0.3, -0.25) is 4.18 Å². The first kappa shape index (κ1) is 42.6. The number of allylic oxidation sites excluding steroid dienone is 8. The molecule has 0 bridgehead atoms. The third-order valence-corrected chi connectivity index (χ3v) is 12.9. The number of benzene rings is 2. The summed E-state index contributed by atoms with van der Waals surface area (Å²) < 4.78 is 37.7. The van der Waals surface area contributed by atoms with Gasteiger partial charge in [-0.05, 0) is 74.4 Å². The maximum atomic E-state index is 7.32. The second-order valence-corrected chi connectivity index (χ2v) is 17.3. The van der Waals surface area contributed by atoms with Crippen molar-refractivity contribution in [1.29, 1.82) is 0 Å². The number of hydrogen-bond donors (Lipinski definition) is 0. The predicted octanol–water partition coefficient (Wildman–Crippen LogP) is 12.4. The van der Waals surface area contributed by atoms with Gasteiger partial charge in [0.05, 0.1) is 64.0 Å². The minimum absolute atomic E-state index is 0.184. The van der Waals surface area contributed by atoms with E-state index in [1.54, 1.807) is 28.4 Å². The van der Waals surface area contributed by atoms with E-state index in [1.165, 1.54) is 18.4 Å². The molecule has 2 unspecified atom stereocenters. The molecule has 13 heteroatoms. The quantitative estimate of drug-likeness (QED) is 0.0986. The van der Waals surface area contributed by atoms with E-state index in [9.17, 15) is 0 Å². The lowest BCUT2D eigenvalue weighted by molar-refractivity contribution is -0.525. The Bertz CT molecular complexity index is 1860. The summed E-state index contributed by atoms with van der Waals surface area (Å²) in [7, 11) is 9.40. The molecule has 0 saturated heterocycles. The summed E-state index contributed by atoms with van der Waals surface area (Å²) in [6.45, 7) is 13.3. The van der Waals surface area contributed by atoms with E-state index in [2.05, 4.69) is 142 Å². The van der Waals surface area contributed by atoms with E-state index in [4.69, 9.17) is 38.9 Å². The van der Waals surface area contributed by atoms with Gasteiger partial charge < -0.3 is 23.8 Å². The third-order valence-electron chi connectivity index (χ3n) is 10.6. The van der Waals surface area contributed by atoms with E-state index < -0.39 is 0 Å².